The lowest BCUT2D eigenvalue weighted by atomic mass is 9.96. The number of nitrogens with zero attached hydrogens (tertiary/aromatic N) is 3. The zero-order valence-electron chi connectivity index (χ0n) is 16.6. The summed E-state index contributed by atoms with van der Waals surface area (Å²) in [7, 11) is 0. The van der Waals surface area contributed by atoms with Crippen LogP contribution < -0.4 is 5.32 Å². The van der Waals surface area contributed by atoms with Gasteiger partial charge in [-0.1, -0.05) is 25.1 Å². The smallest absolute Gasteiger partial charge is 0.225 e. The Morgan fingerprint density at radius 2 is 2.21 bits per heavy atom. The molecule has 0 radical (unpaired) electrons. The summed E-state index contributed by atoms with van der Waals surface area (Å²) in [5.41, 5.74) is 1.85. The van der Waals surface area contributed by atoms with Crippen molar-refractivity contribution in [2.45, 2.75) is 46.1 Å². The van der Waals surface area contributed by atoms with Crippen LogP contribution in [0.25, 0.3) is 0 Å². The highest BCUT2D eigenvalue weighted by atomic mass is 16.5. The summed E-state index contributed by atoms with van der Waals surface area (Å²) in [6, 6.07) is 7.65. The van der Waals surface area contributed by atoms with Crippen molar-refractivity contribution in [3.05, 3.63) is 47.6 Å². The minimum Gasteiger partial charge on any atom is -0.359 e. The van der Waals surface area contributed by atoms with Crippen molar-refractivity contribution < 1.29 is 14.1 Å². The molecule has 0 saturated carbocycles. The number of carbonyl (C=O) groups is 2. The van der Waals surface area contributed by atoms with E-state index in [2.05, 4.69) is 29.3 Å². The zero-order valence-corrected chi connectivity index (χ0v) is 16.6. The first kappa shape index (κ1) is 20.0. The molecule has 1 saturated heterocycles. The Bertz CT molecular complexity index is 788. The van der Waals surface area contributed by atoms with Crippen LogP contribution in [0, 0.1) is 11.8 Å². The SMILES string of the molecule is CC(C)Cc1cc(CNC(=O)[C@H]2CCC(=O)N(CCc3ccccn3)C2)on1. The van der Waals surface area contributed by atoms with E-state index in [1.807, 2.05) is 24.3 Å². The fourth-order valence-electron chi connectivity index (χ4n) is 3.41. The van der Waals surface area contributed by atoms with Crippen molar-refractivity contribution in [2.75, 3.05) is 13.1 Å². The van der Waals surface area contributed by atoms with Gasteiger partial charge in [0.2, 0.25) is 11.8 Å². The minimum atomic E-state index is -0.195. The van der Waals surface area contributed by atoms with Crippen molar-refractivity contribution in [2.24, 2.45) is 11.8 Å². The number of pyridine rings is 1. The number of amides is 2. The number of likely N-dealkylation sites (tertiary alicyclic amines) is 1. The van der Waals surface area contributed by atoms with E-state index < -0.39 is 0 Å². The normalized spacial score (nSPS) is 17.2. The Balaban J connectivity index is 1.48. The molecule has 0 aromatic carbocycles. The van der Waals surface area contributed by atoms with Crippen molar-refractivity contribution in [1.82, 2.24) is 20.4 Å². The Hall–Kier alpha value is -2.70. The van der Waals surface area contributed by atoms with Gasteiger partial charge in [0.15, 0.2) is 5.76 Å². The highest BCUT2D eigenvalue weighted by Gasteiger charge is 2.30. The molecule has 28 heavy (non-hydrogen) atoms. The Labute approximate surface area is 165 Å². The lowest BCUT2D eigenvalue weighted by Crippen LogP contribution is -2.46. The number of hydrogen-bond donors (Lipinski definition) is 1. The summed E-state index contributed by atoms with van der Waals surface area (Å²) in [5.74, 6) is 1.03. The lowest BCUT2D eigenvalue weighted by Gasteiger charge is -2.31. The van der Waals surface area contributed by atoms with Gasteiger partial charge in [0.1, 0.15) is 0 Å². The van der Waals surface area contributed by atoms with Crippen LogP contribution in [0.4, 0.5) is 0 Å². The van der Waals surface area contributed by atoms with Gasteiger partial charge in [-0.3, -0.25) is 14.6 Å². The average Bonchev–Trinajstić information content (AvgIpc) is 3.13. The second-order valence-electron chi connectivity index (χ2n) is 7.75. The predicted molar refractivity (Wildman–Crippen MR) is 104 cm³/mol. The van der Waals surface area contributed by atoms with Gasteiger partial charge in [-0.2, -0.15) is 0 Å². The summed E-state index contributed by atoms with van der Waals surface area (Å²) < 4.78 is 5.29. The van der Waals surface area contributed by atoms with Crippen molar-refractivity contribution in [3.8, 4) is 0 Å². The number of carbonyl (C=O) groups excluding carboxylic acids is 2. The van der Waals surface area contributed by atoms with Crippen LogP contribution >= 0.6 is 0 Å². The van der Waals surface area contributed by atoms with E-state index in [-0.39, 0.29) is 17.7 Å². The third-order valence-corrected chi connectivity index (χ3v) is 4.90. The minimum absolute atomic E-state index is 0.0443. The topological polar surface area (TPSA) is 88.3 Å². The molecule has 1 N–H and O–H groups in total. The first-order valence-electron chi connectivity index (χ1n) is 9.91. The standard InChI is InChI=1S/C21H28N4O3/c1-15(2)11-18-12-19(28-24-18)13-23-21(27)16-6-7-20(26)25(14-16)10-8-17-5-3-4-9-22-17/h3-5,9,12,15-16H,6-8,10-11,13-14H2,1-2H3,(H,23,27)/t16-/m0/s1. The van der Waals surface area contributed by atoms with Crippen LogP contribution in [0.1, 0.15) is 43.8 Å². The quantitative estimate of drug-likeness (QED) is 0.755. The van der Waals surface area contributed by atoms with Gasteiger partial charge in [-0.05, 0) is 30.9 Å². The molecule has 0 unspecified atom stereocenters. The van der Waals surface area contributed by atoms with E-state index in [0.717, 1.165) is 17.8 Å². The second-order valence-corrected chi connectivity index (χ2v) is 7.75. The molecule has 1 fully saturated rings. The van der Waals surface area contributed by atoms with E-state index in [0.29, 0.717) is 50.6 Å². The molecular weight excluding hydrogens is 356 g/mol. The number of piperidine rings is 1. The van der Waals surface area contributed by atoms with Crippen LogP contribution in [-0.4, -0.2) is 39.9 Å². The van der Waals surface area contributed by atoms with Gasteiger partial charge < -0.3 is 14.7 Å². The van der Waals surface area contributed by atoms with E-state index in [9.17, 15) is 9.59 Å². The van der Waals surface area contributed by atoms with E-state index in [4.69, 9.17) is 4.52 Å². The maximum absolute atomic E-state index is 12.6. The summed E-state index contributed by atoms with van der Waals surface area (Å²) in [4.78, 5) is 30.8. The maximum atomic E-state index is 12.6. The molecule has 7 heteroatoms. The fourth-order valence-corrected chi connectivity index (χ4v) is 3.41. The van der Waals surface area contributed by atoms with Gasteiger partial charge in [0.05, 0.1) is 18.2 Å². The third kappa shape index (κ3) is 5.65. The van der Waals surface area contributed by atoms with Gasteiger partial charge in [-0.15, -0.1) is 0 Å². The van der Waals surface area contributed by atoms with Crippen LogP contribution in [0.5, 0.6) is 0 Å². The molecule has 0 aliphatic carbocycles. The Morgan fingerprint density at radius 3 is 2.96 bits per heavy atom. The van der Waals surface area contributed by atoms with E-state index in [1.165, 1.54) is 0 Å². The fraction of sp³-hybridized carbons (Fsp3) is 0.524. The molecule has 1 aliphatic heterocycles. The molecule has 1 atom stereocenters. The monoisotopic (exact) mass is 384 g/mol. The molecule has 3 rings (SSSR count). The van der Waals surface area contributed by atoms with E-state index >= 15 is 0 Å². The average molecular weight is 384 g/mol. The first-order chi connectivity index (χ1) is 13.5. The largest absolute Gasteiger partial charge is 0.359 e. The molecule has 1 aliphatic rings. The number of hydrogen-bond acceptors (Lipinski definition) is 5. The zero-order chi connectivity index (χ0) is 19.9. The van der Waals surface area contributed by atoms with Gasteiger partial charge in [0.25, 0.3) is 0 Å². The molecule has 0 spiro atoms. The van der Waals surface area contributed by atoms with Crippen LogP contribution in [0.2, 0.25) is 0 Å². The highest BCUT2D eigenvalue weighted by molar-refractivity contribution is 5.83. The molecule has 7 nitrogen and oxygen atoms in total. The first-order valence-corrected chi connectivity index (χ1v) is 9.91. The highest BCUT2D eigenvalue weighted by Crippen LogP contribution is 2.18. The summed E-state index contributed by atoms with van der Waals surface area (Å²) in [5, 5.41) is 6.96. The van der Waals surface area contributed by atoms with E-state index in [1.54, 1.807) is 11.1 Å². The van der Waals surface area contributed by atoms with Crippen LogP contribution in [0.3, 0.4) is 0 Å². The Morgan fingerprint density at radius 1 is 1.36 bits per heavy atom. The molecule has 2 aromatic heterocycles. The van der Waals surface area contributed by atoms with Gasteiger partial charge >= 0.3 is 0 Å². The second kappa shape index (κ2) is 9.48. The van der Waals surface area contributed by atoms with Crippen molar-refractivity contribution in [1.29, 1.82) is 0 Å². The number of aromatic nitrogens is 2. The molecule has 2 amide bonds. The summed E-state index contributed by atoms with van der Waals surface area (Å²) in [6.07, 6.45) is 4.28. The molecule has 0 bridgehead atoms. The lowest BCUT2D eigenvalue weighted by molar-refractivity contribution is -0.138. The summed E-state index contributed by atoms with van der Waals surface area (Å²) in [6.45, 7) is 5.61. The Kier molecular flexibility index (Phi) is 6.79. The van der Waals surface area contributed by atoms with Crippen LogP contribution in [0.15, 0.2) is 35.0 Å². The molecule has 150 valence electrons. The maximum Gasteiger partial charge on any atom is 0.225 e. The predicted octanol–water partition coefficient (Wildman–Crippen LogP) is 2.37. The van der Waals surface area contributed by atoms with Crippen LogP contribution in [-0.2, 0) is 29.0 Å². The van der Waals surface area contributed by atoms with Crippen molar-refractivity contribution >= 4 is 11.8 Å². The van der Waals surface area contributed by atoms with Crippen molar-refractivity contribution in [3.63, 3.8) is 0 Å². The number of rotatable bonds is 8. The van der Waals surface area contributed by atoms with Gasteiger partial charge in [-0.25, -0.2) is 0 Å². The third-order valence-electron chi connectivity index (χ3n) is 4.90. The molecular formula is C21H28N4O3. The molecule has 2 aromatic rings. The van der Waals surface area contributed by atoms with Gasteiger partial charge in [0, 0.05) is 43.9 Å². The molecule has 3 heterocycles. The summed E-state index contributed by atoms with van der Waals surface area (Å²) >= 11 is 0. The number of nitrogens with one attached hydrogen (secondary N) is 1.